The Morgan fingerprint density at radius 3 is 2.10 bits per heavy atom. The lowest BCUT2D eigenvalue weighted by Crippen LogP contribution is -2.56. The van der Waals surface area contributed by atoms with Crippen molar-refractivity contribution in [2.24, 2.45) is 11.7 Å². The van der Waals surface area contributed by atoms with Crippen molar-refractivity contribution in [1.82, 2.24) is 10.2 Å². The number of nitrogens with one attached hydrogen (secondary N) is 1. The zero-order valence-electron chi connectivity index (χ0n) is 23.0. The zero-order valence-corrected chi connectivity index (χ0v) is 23.9. The molecule has 0 bridgehead atoms. The minimum Gasteiger partial charge on any atom is -0.392 e. The number of piperidine rings is 1. The Morgan fingerprint density at radius 2 is 1.48 bits per heavy atom. The quantitative estimate of drug-likeness (QED) is 0.299. The summed E-state index contributed by atoms with van der Waals surface area (Å²) in [6.45, 7) is 3.41. The van der Waals surface area contributed by atoms with E-state index in [2.05, 4.69) is 35.6 Å². The molecule has 206 valence electrons. The van der Waals surface area contributed by atoms with Crippen LogP contribution in [0.1, 0.15) is 25.3 Å². The molecule has 1 fully saturated rings. The van der Waals surface area contributed by atoms with Crippen molar-refractivity contribution in [1.29, 1.82) is 0 Å². The molecule has 0 aliphatic carbocycles. The molecule has 4 aromatic rings. The molecule has 0 aromatic heterocycles. The second-order valence-electron chi connectivity index (χ2n) is 10.7. The summed E-state index contributed by atoms with van der Waals surface area (Å²) < 4.78 is 0. The number of anilines is 1. The number of hydrogen-bond acceptors (Lipinski definition) is 4. The SMILES string of the molecule is C[C@H](C(=O)N(c1ccc2ccccc2c1)[C@H](Cc1ccc2ccccc2c1)C(N)=S)N(C)C(=O)C1CCNCC1. The molecule has 3 N–H and O–H groups in total. The molecule has 0 unspecified atom stereocenters. The summed E-state index contributed by atoms with van der Waals surface area (Å²) in [5, 5.41) is 7.65. The van der Waals surface area contributed by atoms with Gasteiger partial charge in [-0.05, 0) is 78.5 Å². The third-order valence-electron chi connectivity index (χ3n) is 8.11. The van der Waals surface area contributed by atoms with Gasteiger partial charge in [-0.25, -0.2) is 0 Å². The van der Waals surface area contributed by atoms with Crippen molar-refractivity contribution in [2.75, 3.05) is 25.0 Å². The summed E-state index contributed by atoms with van der Waals surface area (Å²) in [4.78, 5) is 31.3. The molecule has 5 rings (SSSR count). The van der Waals surface area contributed by atoms with E-state index in [9.17, 15) is 9.59 Å². The Hall–Kier alpha value is -3.81. The van der Waals surface area contributed by atoms with E-state index in [-0.39, 0.29) is 22.7 Å². The molecule has 1 aliphatic rings. The smallest absolute Gasteiger partial charge is 0.250 e. The first-order valence-electron chi connectivity index (χ1n) is 13.9. The first-order chi connectivity index (χ1) is 19.3. The topological polar surface area (TPSA) is 78.7 Å². The van der Waals surface area contributed by atoms with Gasteiger partial charge in [-0.3, -0.25) is 9.59 Å². The summed E-state index contributed by atoms with van der Waals surface area (Å²) in [7, 11) is 1.73. The van der Waals surface area contributed by atoms with Crippen molar-refractivity contribution in [3.63, 3.8) is 0 Å². The Kier molecular flexibility index (Phi) is 8.43. The van der Waals surface area contributed by atoms with Crippen LogP contribution in [-0.2, 0) is 16.0 Å². The van der Waals surface area contributed by atoms with Crippen molar-refractivity contribution >= 4 is 56.3 Å². The van der Waals surface area contributed by atoms with E-state index in [0.29, 0.717) is 12.1 Å². The van der Waals surface area contributed by atoms with E-state index in [1.165, 1.54) is 0 Å². The van der Waals surface area contributed by atoms with Crippen LogP contribution in [-0.4, -0.2) is 53.9 Å². The highest BCUT2D eigenvalue weighted by Crippen LogP contribution is 2.28. The number of hydrogen-bond donors (Lipinski definition) is 2. The molecule has 6 nitrogen and oxygen atoms in total. The fourth-order valence-electron chi connectivity index (χ4n) is 5.61. The summed E-state index contributed by atoms with van der Waals surface area (Å²) in [5.41, 5.74) is 8.12. The average molecular weight is 553 g/mol. The lowest BCUT2D eigenvalue weighted by Gasteiger charge is -2.37. The minimum absolute atomic E-state index is 0.00205. The van der Waals surface area contributed by atoms with Gasteiger partial charge in [0.05, 0.1) is 11.0 Å². The van der Waals surface area contributed by atoms with Crippen LogP contribution in [0.15, 0.2) is 84.9 Å². The number of fused-ring (bicyclic) bond motifs is 2. The zero-order chi connectivity index (χ0) is 28.2. The lowest BCUT2D eigenvalue weighted by molar-refractivity contribution is -0.141. The number of benzene rings is 4. The van der Waals surface area contributed by atoms with Gasteiger partial charge in [0, 0.05) is 18.7 Å². The van der Waals surface area contributed by atoms with E-state index < -0.39 is 12.1 Å². The first-order valence-corrected chi connectivity index (χ1v) is 14.3. The van der Waals surface area contributed by atoms with Gasteiger partial charge in [0.25, 0.3) is 0 Å². The van der Waals surface area contributed by atoms with Crippen LogP contribution in [0.2, 0.25) is 0 Å². The second kappa shape index (κ2) is 12.1. The lowest BCUT2D eigenvalue weighted by atomic mass is 9.95. The van der Waals surface area contributed by atoms with E-state index in [1.807, 2.05) is 54.6 Å². The highest BCUT2D eigenvalue weighted by atomic mass is 32.1. The van der Waals surface area contributed by atoms with E-state index in [4.69, 9.17) is 18.0 Å². The van der Waals surface area contributed by atoms with Crippen LogP contribution in [0.25, 0.3) is 21.5 Å². The number of carbonyl (C=O) groups is 2. The van der Waals surface area contributed by atoms with Gasteiger partial charge >= 0.3 is 0 Å². The number of nitrogens with two attached hydrogens (primary N) is 1. The molecule has 2 atom stereocenters. The average Bonchev–Trinajstić information content (AvgIpc) is 2.99. The van der Waals surface area contributed by atoms with E-state index in [0.717, 1.165) is 53.0 Å². The Morgan fingerprint density at radius 1 is 0.900 bits per heavy atom. The third kappa shape index (κ3) is 5.86. The van der Waals surface area contributed by atoms with Gasteiger partial charge in [0.1, 0.15) is 6.04 Å². The Balaban J connectivity index is 1.52. The fraction of sp³-hybridized carbons (Fsp3) is 0.303. The standard InChI is InChI=1S/C33H36N4O2S/c1-22(36(2)33(39)26-15-17-35-18-16-26)32(38)37(29-14-13-25-8-4-6-10-28(25)21-29)30(31(34)40)20-23-11-12-24-7-3-5-9-27(24)19-23/h3-14,19,21-22,26,30,35H,15-18,20H2,1-2H3,(H2,34,40)/t22-,30-/m1/s1. The highest BCUT2D eigenvalue weighted by Gasteiger charge is 2.36. The monoisotopic (exact) mass is 552 g/mol. The number of amides is 2. The molecule has 7 heteroatoms. The molecule has 0 radical (unpaired) electrons. The van der Waals surface area contributed by atoms with Crippen molar-refractivity contribution in [3.05, 3.63) is 90.5 Å². The normalized spacial score (nSPS) is 15.4. The van der Waals surface area contributed by atoms with Gasteiger partial charge in [-0.15, -0.1) is 0 Å². The molecule has 1 saturated heterocycles. The van der Waals surface area contributed by atoms with Crippen LogP contribution in [0.5, 0.6) is 0 Å². The molecular weight excluding hydrogens is 516 g/mol. The van der Waals surface area contributed by atoms with Crippen LogP contribution in [0, 0.1) is 5.92 Å². The molecular formula is C33H36N4O2S. The van der Waals surface area contributed by atoms with Gasteiger partial charge in [-0.1, -0.05) is 85.0 Å². The summed E-state index contributed by atoms with van der Waals surface area (Å²) in [6.07, 6.45) is 2.00. The minimum atomic E-state index is -0.692. The molecule has 1 aliphatic heterocycles. The van der Waals surface area contributed by atoms with Gasteiger partial charge in [0.2, 0.25) is 11.8 Å². The van der Waals surface area contributed by atoms with Gasteiger partial charge in [-0.2, -0.15) is 0 Å². The number of nitrogens with zero attached hydrogens (tertiary/aromatic N) is 2. The molecule has 2 amide bonds. The maximum atomic E-state index is 14.4. The molecule has 0 saturated carbocycles. The molecule has 40 heavy (non-hydrogen) atoms. The molecule has 1 heterocycles. The maximum Gasteiger partial charge on any atom is 0.250 e. The van der Waals surface area contributed by atoms with Gasteiger partial charge in [0.15, 0.2) is 0 Å². The number of likely N-dealkylation sites (N-methyl/N-ethyl adjacent to an activating group) is 1. The number of rotatable bonds is 8. The largest absolute Gasteiger partial charge is 0.392 e. The van der Waals surface area contributed by atoms with Crippen LogP contribution < -0.4 is 16.0 Å². The highest BCUT2D eigenvalue weighted by molar-refractivity contribution is 7.80. The molecule has 4 aromatic carbocycles. The van der Waals surface area contributed by atoms with E-state index >= 15 is 0 Å². The Bertz CT molecular complexity index is 1550. The summed E-state index contributed by atoms with van der Waals surface area (Å²) in [6, 6.07) is 27.2. The Labute approximate surface area is 241 Å². The van der Waals surface area contributed by atoms with Crippen molar-refractivity contribution in [2.45, 2.75) is 38.3 Å². The predicted molar refractivity (Wildman–Crippen MR) is 167 cm³/mol. The van der Waals surface area contributed by atoms with Crippen LogP contribution in [0.4, 0.5) is 5.69 Å². The number of carbonyl (C=O) groups excluding carboxylic acids is 2. The first kappa shape index (κ1) is 27.7. The van der Waals surface area contributed by atoms with Gasteiger partial charge < -0.3 is 20.9 Å². The van der Waals surface area contributed by atoms with Crippen molar-refractivity contribution in [3.8, 4) is 0 Å². The predicted octanol–water partition coefficient (Wildman–Crippen LogP) is 5.07. The molecule has 0 spiro atoms. The summed E-state index contributed by atoms with van der Waals surface area (Å²) in [5.74, 6) is -0.291. The second-order valence-corrected chi connectivity index (χ2v) is 11.2. The number of thiocarbonyl (C=S) groups is 1. The summed E-state index contributed by atoms with van der Waals surface area (Å²) >= 11 is 5.61. The van der Waals surface area contributed by atoms with E-state index in [1.54, 1.807) is 23.8 Å². The maximum absolute atomic E-state index is 14.4. The van der Waals surface area contributed by atoms with Crippen molar-refractivity contribution < 1.29 is 9.59 Å². The third-order valence-corrected chi connectivity index (χ3v) is 8.38. The fourth-order valence-corrected chi connectivity index (χ4v) is 5.80. The van der Waals surface area contributed by atoms with Crippen LogP contribution >= 0.6 is 12.2 Å². The van der Waals surface area contributed by atoms with Crippen LogP contribution in [0.3, 0.4) is 0 Å².